The van der Waals surface area contributed by atoms with E-state index in [0.29, 0.717) is 18.8 Å². The van der Waals surface area contributed by atoms with Gasteiger partial charge >= 0.3 is 0 Å². The van der Waals surface area contributed by atoms with Crippen LogP contribution in [-0.4, -0.2) is 18.1 Å². The smallest absolute Gasteiger partial charge is 0.142 e. The Morgan fingerprint density at radius 3 is 2.95 bits per heavy atom. The van der Waals surface area contributed by atoms with Gasteiger partial charge in [-0.25, -0.2) is 4.98 Å². The number of aromatic nitrogens is 1. The highest BCUT2D eigenvalue weighted by molar-refractivity contribution is 5.51. The number of nitrogens with two attached hydrogens (primary N) is 1. The second-order valence-electron chi connectivity index (χ2n) is 4.97. The summed E-state index contributed by atoms with van der Waals surface area (Å²) in [5.74, 6) is 1.66. The van der Waals surface area contributed by atoms with E-state index in [-0.39, 0.29) is 0 Å². The summed E-state index contributed by atoms with van der Waals surface area (Å²) in [4.78, 5) is 4.62. The van der Waals surface area contributed by atoms with Crippen LogP contribution < -0.4 is 15.8 Å². The second kappa shape index (κ2) is 5.82. The first-order valence-electron chi connectivity index (χ1n) is 7.03. The molecule has 0 bridgehead atoms. The molecule has 0 amide bonds. The Morgan fingerprint density at radius 2 is 2.05 bits per heavy atom. The summed E-state index contributed by atoms with van der Waals surface area (Å²) in [6.45, 7) is 1.27. The summed E-state index contributed by atoms with van der Waals surface area (Å²) in [6.07, 6.45) is 3.49. The van der Waals surface area contributed by atoms with Gasteiger partial charge in [-0.05, 0) is 43.0 Å². The van der Waals surface area contributed by atoms with Gasteiger partial charge in [0.25, 0.3) is 0 Å². The second-order valence-corrected chi connectivity index (χ2v) is 4.97. The number of anilines is 2. The van der Waals surface area contributed by atoms with Crippen molar-refractivity contribution >= 4 is 11.5 Å². The molecule has 0 fully saturated rings. The molecule has 4 nitrogen and oxygen atoms in total. The molecule has 0 aliphatic heterocycles. The minimum atomic E-state index is 0.562. The fourth-order valence-electron chi connectivity index (χ4n) is 2.47. The van der Waals surface area contributed by atoms with Crippen LogP contribution in [0.3, 0.4) is 0 Å². The molecule has 3 N–H and O–H groups in total. The van der Waals surface area contributed by atoms with Crippen LogP contribution in [0.2, 0.25) is 0 Å². The van der Waals surface area contributed by atoms with E-state index in [4.69, 9.17) is 10.5 Å². The molecule has 2 aromatic rings. The summed E-state index contributed by atoms with van der Waals surface area (Å²) < 4.78 is 5.64. The number of hydrogen-bond acceptors (Lipinski definition) is 4. The number of nitrogen functional groups attached to an aromatic ring is 1. The maximum absolute atomic E-state index is 5.82. The van der Waals surface area contributed by atoms with E-state index >= 15 is 0 Å². The fourth-order valence-corrected chi connectivity index (χ4v) is 2.47. The third kappa shape index (κ3) is 2.85. The van der Waals surface area contributed by atoms with Gasteiger partial charge in [-0.15, -0.1) is 0 Å². The van der Waals surface area contributed by atoms with Crippen molar-refractivity contribution in [1.82, 2.24) is 4.98 Å². The molecule has 0 saturated heterocycles. The molecule has 1 aliphatic carbocycles. The number of fused-ring (bicyclic) bond motifs is 1. The zero-order chi connectivity index (χ0) is 13.8. The van der Waals surface area contributed by atoms with Gasteiger partial charge in [-0.2, -0.15) is 0 Å². The number of rotatable bonds is 5. The Morgan fingerprint density at radius 1 is 1.15 bits per heavy atom. The highest BCUT2D eigenvalue weighted by Crippen LogP contribution is 2.22. The lowest BCUT2D eigenvalue weighted by molar-refractivity contribution is 0.334. The quantitative estimate of drug-likeness (QED) is 0.647. The SMILES string of the molecule is Nc1ccccc1OCCNc1ccc2c(n1)CCC2. The lowest BCUT2D eigenvalue weighted by Gasteiger charge is -2.10. The average Bonchev–Trinajstić information content (AvgIpc) is 2.93. The minimum absolute atomic E-state index is 0.562. The van der Waals surface area contributed by atoms with Crippen LogP contribution in [-0.2, 0) is 12.8 Å². The topological polar surface area (TPSA) is 60.2 Å². The number of ether oxygens (including phenoxy) is 1. The number of benzene rings is 1. The number of nitrogens with zero attached hydrogens (tertiary/aromatic N) is 1. The van der Waals surface area contributed by atoms with Gasteiger partial charge in [0.15, 0.2) is 0 Å². The normalized spacial score (nSPS) is 13.0. The maximum Gasteiger partial charge on any atom is 0.142 e. The van der Waals surface area contributed by atoms with Gasteiger partial charge < -0.3 is 15.8 Å². The number of para-hydroxylation sites is 2. The first-order chi connectivity index (χ1) is 9.83. The van der Waals surface area contributed by atoms with E-state index in [9.17, 15) is 0 Å². The molecule has 0 unspecified atom stereocenters. The van der Waals surface area contributed by atoms with Crippen LogP contribution >= 0.6 is 0 Å². The summed E-state index contributed by atoms with van der Waals surface area (Å²) >= 11 is 0. The highest BCUT2D eigenvalue weighted by Gasteiger charge is 2.12. The first-order valence-corrected chi connectivity index (χ1v) is 7.03. The van der Waals surface area contributed by atoms with Gasteiger partial charge in [0, 0.05) is 5.69 Å². The van der Waals surface area contributed by atoms with Crippen LogP contribution in [0.15, 0.2) is 36.4 Å². The molecular weight excluding hydrogens is 250 g/mol. The van der Waals surface area contributed by atoms with Gasteiger partial charge in [0.1, 0.15) is 18.2 Å². The molecule has 0 saturated carbocycles. The molecular formula is C16H19N3O. The van der Waals surface area contributed by atoms with Gasteiger partial charge in [0.05, 0.1) is 12.2 Å². The van der Waals surface area contributed by atoms with Crippen LogP contribution in [0.5, 0.6) is 5.75 Å². The molecule has 3 rings (SSSR count). The molecule has 1 aromatic carbocycles. The van der Waals surface area contributed by atoms with Crippen LogP contribution in [0.25, 0.3) is 0 Å². The van der Waals surface area contributed by atoms with Crippen molar-refractivity contribution in [2.75, 3.05) is 24.2 Å². The number of pyridine rings is 1. The fraction of sp³-hybridized carbons (Fsp3) is 0.312. The van der Waals surface area contributed by atoms with Crippen molar-refractivity contribution in [3.8, 4) is 5.75 Å². The predicted octanol–water partition coefficient (Wildman–Crippen LogP) is 2.64. The Bertz CT molecular complexity index is 598. The van der Waals surface area contributed by atoms with Crippen LogP contribution in [0.1, 0.15) is 17.7 Å². The highest BCUT2D eigenvalue weighted by atomic mass is 16.5. The molecule has 104 valence electrons. The van der Waals surface area contributed by atoms with Crippen molar-refractivity contribution in [3.63, 3.8) is 0 Å². The zero-order valence-electron chi connectivity index (χ0n) is 11.4. The van der Waals surface area contributed by atoms with Crippen molar-refractivity contribution in [2.45, 2.75) is 19.3 Å². The Labute approximate surface area is 119 Å². The first kappa shape index (κ1) is 12.8. The van der Waals surface area contributed by atoms with E-state index in [2.05, 4.69) is 16.4 Å². The van der Waals surface area contributed by atoms with Crippen molar-refractivity contribution in [3.05, 3.63) is 47.7 Å². The molecule has 1 aliphatic rings. The van der Waals surface area contributed by atoms with Crippen molar-refractivity contribution in [1.29, 1.82) is 0 Å². The van der Waals surface area contributed by atoms with E-state index < -0.39 is 0 Å². The largest absolute Gasteiger partial charge is 0.490 e. The Hall–Kier alpha value is -2.23. The average molecular weight is 269 g/mol. The van der Waals surface area contributed by atoms with E-state index in [1.807, 2.05) is 30.3 Å². The maximum atomic E-state index is 5.82. The monoisotopic (exact) mass is 269 g/mol. The zero-order valence-corrected chi connectivity index (χ0v) is 11.4. The predicted molar refractivity (Wildman–Crippen MR) is 81.1 cm³/mol. The van der Waals surface area contributed by atoms with Gasteiger partial charge in [-0.1, -0.05) is 18.2 Å². The van der Waals surface area contributed by atoms with Crippen LogP contribution in [0.4, 0.5) is 11.5 Å². The molecule has 1 aromatic heterocycles. The molecule has 0 radical (unpaired) electrons. The third-order valence-corrected chi connectivity index (χ3v) is 3.51. The van der Waals surface area contributed by atoms with E-state index in [1.54, 1.807) is 0 Å². The Kier molecular flexibility index (Phi) is 3.72. The molecule has 0 atom stereocenters. The lowest BCUT2D eigenvalue weighted by Crippen LogP contribution is -2.13. The summed E-state index contributed by atoms with van der Waals surface area (Å²) in [5, 5.41) is 3.29. The summed E-state index contributed by atoms with van der Waals surface area (Å²) in [7, 11) is 0. The molecule has 4 heteroatoms. The standard InChI is InChI=1S/C16H19N3O/c17-13-5-1-2-7-15(13)20-11-10-18-16-9-8-12-4-3-6-14(12)19-16/h1-2,5,7-9H,3-4,6,10-11,17H2,(H,18,19). The molecule has 20 heavy (non-hydrogen) atoms. The van der Waals surface area contributed by atoms with E-state index in [1.165, 1.54) is 24.1 Å². The molecule has 1 heterocycles. The number of nitrogens with one attached hydrogen (secondary N) is 1. The Balaban J connectivity index is 1.49. The third-order valence-electron chi connectivity index (χ3n) is 3.51. The van der Waals surface area contributed by atoms with Crippen molar-refractivity contribution < 1.29 is 4.74 Å². The minimum Gasteiger partial charge on any atom is -0.490 e. The molecule has 0 spiro atoms. The van der Waals surface area contributed by atoms with Crippen LogP contribution in [0, 0.1) is 0 Å². The lowest BCUT2D eigenvalue weighted by atomic mass is 10.2. The summed E-state index contributed by atoms with van der Waals surface area (Å²) in [5.41, 5.74) is 9.12. The van der Waals surface area contributed by atoms with Gasteiger partial charge in [0.2, 0.25) is 0 Å². The van der Waals surface area contributed by atoms with Gasteiger partial charge in [-0.3, -0.25) is 0 Å². The van der Waals surface area contributed by atoms with E-state index in [0.717, 1.165) is 18.0 Å². The number of hydrogen-bond donors (Lipinski definition) is 2. The van der Waals surface area contributed by atoms with Crippen molar-refractivity contribution in [2.24, 2.45) is 0 Å². The number of aryl methyl sites for hydroxylation is 2. The summed E-state index contributed by atoms with van der Waals surface area (Å²) in [6, 6.07) is 11.7.